The Balaban J connectivity index is 1.78. The SMILES string of the molecule is CNC(=O)C1=CN(C)C(/C=C/c2c[nH]c3ccccc23)C=C1. The van der Waals surface area contributed by atoms with Crippen molar-refractivity contribution in [1.82, 2.24) is 15.2 Å². The number of nitrogens with one attached hydrogen (secondary N) is 2. The fourth-order valence-corrected chi connectivity index (χ4v) is 2.60. The number of carbonyl (C=O) groups is 1. The average Bonchev–Trinajstić information content (AvgIpc) is 2.96. The summed E-state index contributed by atoms with van der Waals surface area (Å²) in [7, 11) is 3.61. The first-order valence-corrected chi connectivity index (χ1v) is 7.27. The van der Waals surface area contributed by atoms with E-state index in [4.69, 9.17) is 0 Å². The maximum absolute atomic E-state index is 11.6. The van der Waals surface area contributed by atoms with Gasteiger partial charge in [-0.2, -0.15) is 0 Å². The Morgan fingerprint density at radius 1 is 1.36 bits per heavy atom. The van der Waals surface area contributed by atoms with Crippen LogP contribution in [0.15, 0.2) is 60.5 Å². The lowest BCUT2D eigenvalue weighted by molar-refractivity contribution is -0.116. The van der Waals surface area contributed by atoms with E-state index < -0.39 is 0 Å². The lowest BCUT2D eigenvalue weighted by atomic mass is 10.1. The van der Waals surface area contributed by atoms with Crippen molar-refractivity contribution in [2.75, 3.05) is 14.1 Å². The van der Waals surface area contributed by atoms with E-state index in [2.05, 4.69) is 34.6 Å². The molecule has 112 valence electrons. The number of benzene rings is 1. The van der Waals surface area contributed by atoms with Crippen molar-refractivity contribution in [2.24, 2.45) is 0 Å². The number of hydrogen-bond acceptors (Lipinski definition) is 2. The molecular formula is C18H19N3O. The summed E-state index contributed by atoms with van der Waals surface area (Å²) in [5.41, 5.74) is 2.97. The van der Waals surface area contributed by atoms with Gasteiger partial charge in [-0.3, -0.25) is 4.79 Å². The second-order valence-electron chi connectivity index (χ2n) is 5.33. The summed E-state index contributed by atoms with van der Waals surface area (Å²) in [5, 5.41) is 3.85. The first kappa shape index (κ1) is 14.2. The van der Waals surface area contributed by atoms with Crippen molar-refractivity contribution >= 4 is 22.9 Å². The minimum atomic E-state index is -0.0674. The van der Waals surface area contributed by atoms with Crippen LogP contribution in [0.4, 0.5) is 0 Å². The van der Waals surface area contributed by atoms with Gasteiger partial charge in [0.05, 0.1) is 11.6 Å². The van der Waals surface area contributed by atoms with E-state index in [0.29, 0.717) is 5.57 Å². The van der Waals surface area contributed by atoms with Crippen molar-refractivity contribution in [2.45, 2.75) is 6.04 Å². The van der Waals surface area contributed by atoms with Gasteiger partial charge in [-0.05, 0) is 17.7 Å². The summed E-state index contributed by atoms with van der Waals surface area (Å²) in [4.78, 5) is 16.9. The van der Waals surface area contributed by atoms with Gasteiger partial charge >= 0.3 is 0 Å². The fraction of sp³-hybridized carbons (Fsp3) is 0.167. The van der Waals surface area contributed by atoms with Crippen LogP contribution in [0.25, 0.3) is 17.0 Å². The molecule has 4 nitrogen and oxygen atoms in total. The molecule has 1 aliphatic heterocycles. The summed E-state index contributed by atoms with van der Waals surface area (Å²) < 4.78 is 0. The Morgan fingerprint density at radius 3 is 2.95 bits per heavy atom. The lowest BCUT2D eigenvalue weighted by Crippen LogP contribution is -2.29. The van der Waals surface area contributed by atoms with Gasteiger partial charge in [0.2, 0.25) is 0 Å². The maximum Gasteiger partial charge on any atom is 0.252 e. The normalized spacial score (nSPS) is 18.0. The van der Waals surface area contributed by atoms with Gasteiger partial charge in [0, 0.05) is 37.4 Å². The Labute approximate surface area is 129 Å². The average molecular weight is 293 g/mol. The van der Waals surface area contributed by atoms with E-state index in [1.807, 2.05) is 48.6 Å². The zero-order chi connectivity index (χ0) is 15.5. The number of nitrogens with zero attached hydrogens (tertiary/aromatic N) is 1. The van der Waals surface area contributed by atoms with Gasteiger partial charge in [0.1, 0.15) is 0 Å². The molecule has 4 heteroatoms. The van der Waals surface area contributed by atoms with Crippen molar-refractivity contribution in [3.05, 3.63) is 66.0 Å². The van der Waals surface area contributed by atoms with Gasteiger partial charge in [0.25, 0.3) is 5.91 Å². The molecule has 1 aliphatic rings. The quantitative estimate of drug-likeness (QED) is 0.914. The smallest absolute Gasteiger partial charge is 0.252 e. The van der Waals surface area contributed by atoms with Gasteiger partial charge in [0.15, 0.2) is 0 Å². The van der Waals surface area contributed by atoms with Crippen LogP contribution in [0.3, 0.4) is 0 Å². The molecule has 2 heterocycles. The van der Waals surface area contributed by atoms with Gasteiger partial charge in [-0.1, -0.05) is 36.4 Å². The van der Waals surface area contributed by atoms with Gasteiger partial charge in [-0.25, -0.2) is 0 Å². The molecule has 1 aromatic carbocycles. The third-order valence-corrected chi connectivity index (χ3v) is 3.87. The summed E-state index contributed by atoms with van der Waals surface area (Å²) in [5.74, 6) is -0.0674. The maximum atomic E-state index is 11.6. The fourth-order valence-electron chi connectivity index (χ4n) is 2.60. The molecule has 0 radical (unpaired) electrons. The Hall–Kier alpha value is -2.75. The standard InChI is InChI=1S/C18H19N3O/c1-19-18(22)14-8-10-15(21(2)12-14)9-7-13-11-20-17-6-4-3-5-16(13)17/h3-12,15,20H,1-2H3,(H,19,22)/b9-7+. The first-order chi connectivity index (χ1) is 10.7. The van der Waals surface area contributed by atoms with Crippen molar-refractivity contribution in [1.29, 1.82) is 0 Å². The van der Waals surface area contributed by atoms with Crippen LogP contribution in [0.5, 0.6) is 0 Å². The Morgan fingerprint density at radius 2 is 2.18 bits per heavy atom. The van der Waals surface area contributed by atoms with Gasteiger partial charge < -0.3 is 15.2 Å². The van der Waals surface area contributed by atoms with Crippen LogP contribution in [0, 0.1) is 0 Å². The molecule has 22 heavy (non-hydrogen) atoms. The van der Waals surface area contributed by atoms with E-state index in [0.717, 1.165) is 5.52 Å². The van der Waals surface area contributed by atoms with Crippen LogP contribution in [0.1, 0.15) is 5.56 Å². The third-order valence-electron chi connectivity index (χ3n) is 3.87. The summed E-state index contributed by atoms with van der Waals surface area (Å²) >= 11 is 0. The molecule has 0 fully saturated rings. The number of rotatable bonds is 3. The number of para-hydroxylation sites is 1. The zero-order valence-electron chi connectivity index (χ0n) is 12.7. The molecule has 1 atom stereocenters. The van der Waals surface area contributed by atoms with Crippen molar-refractivity contribution < 1.29 is 4.79 Å². The van der Waals surface area contributed by atoms with Crippen molar-refractivity contribution in [3.63, 3.8) is 0 Å². The highest BCUT2D eigenvalue weighted by Gasteiger charge is 2.14. The Kier molecular flexibility index (Phi) is 3.83. The molecule has 1 unspecified atom stereocenters. The molecular weight excluding hydrogens is 274 g/mol. The number of likely N-dealkylation sites (N-methyl/N-ethyl adjacent to an activating group) is 2. The molecule has 1 amide bonds. The summed E-state index contributed by atoms with van der Waals surface area (Å²) in [6.45, 7) is 0. The van der Waals surface area contributed by atoms with E-state index in [1.165, 1.54) is 10.9 Å². The van der Waals surface area contributed by atoms with Crippen LogP contribution >= 0.6 is 0 Å². The highest BCUT2D eigenvalue weighted by molar-refractivity contribution is 5.96. The third kappa shape index (κ3) is 2.68. The van der Waals surface area contributed by atoms with E-state index in [9.17, 15) is 4.79 Å². The van der Waals surface area contributed by atoms with Crippen LogP contribution in [0.2, 0.25) is 0 Å². The molecule has 0 aliphatic carbocycles. The second kappa shape index (κ2) is 5.93. The lowest BCUT2D eigenvalue weighted by Gasteiger charge is -2.25. The highest BCUT2D eigenvalue weighted by Crippen LogP contribution is 2.20. The zero-order valence-corrected chi connectivity index (χ0v) is 12.7. The molecule has 0 saturated heterocycles. The van der Waals surface area contributed by atoms with E-state index in [1.54, 1.807) is 7.05 Å². The van der Waals surface area contributed by atoms with Crippen LogP contribution < -0.4 is 5.32 Å². The van der Waals surface area contributed by atoms with Crippen LogP contribution in [-0.2, 0) is 4.79 Å². The number of carbonyl (C=O) groups excluding carboxylic acids is 1. The molecule has 1 aromatic heterocycles. The first-order valence-electron chi connectivity index (χ1n) is 7.27. The van der Waals surface area contributed by atoms with Crippen LogP contribution in [-0.4, -0.2) is 35.9 Å². The molecule has 0 bridgehead atoms. The largest absolute Gasteiger partial charge is 0.370 e. The number of aromatic amines is 1. The van der Waals surface area contributed by atoms with E-state index >= 15 is 0 Å². The summed E-state index contributed by atoms with van der Waals surface area (Å²) in [6, 6.07) is 8.38. The molecule has 0 spiro atoms. The molecule has 2 N–H and O–H groups in total. The Bertz CT molecular complexity index is 782. The predicted octanol–water partition coefficient (Wildman–Crippen LogP) is 2.68. The number of H-pyrrole nitrogens is 1. The number of aromatic nitrogens is 1. The van der Waals surface area contributed by atoms with Crippen molar-refractivity contribution in [3.8, 4) is 0 Å². The predicted molar refractivity (Wildman–Crippen MR) is 90.2 cm³/mol. The molecule has 3 rings (SSSR count). The van der Waals surface area contributed by atoms with E-state index in [-0.39, 0.29) is 11.9 Å². The number of fused-ring (bicyclic) bond motifs is 1. The minimum absolute atomic E-state index is 0.0674. The monoisotopic (exact) mass is 293 g/mol. The number of hydrogen-bond donors (Lipinski definition) is 2. The molecule has 2 aromatic rings. The second-order valence-corrected chi connectivity index (χ2v) is 5.33. The van der Waals surface area contributed by atoms with Gasteiger partial charge in [-0.15, -0.1) is 0 Å². The minimum Gasteiger partial charge on any atom is -0.370 e. The number of amides is 1. The highest BCUT2D eigenvalue weighted by atomic mass is 16.1. The summed E-state index contributed by atoms with van der Waals surface area (Å²) in [6.07, 6.45) is 12.0. The topological polar surface area (TPSA) is 48.1 Å². The molecule has 0 saturated carbocycles.